The normalized spacial score (nSPS) is 12.8. The Bertz CT molecular complexity index is 823. The summed E-state index contributed by atoms with van der Waals surface area (Å²) in [7, 11) is 0. The highest BCUT2D eigenvalue weighted by molar-refractivity contribution is 5.70. The maximum absolute atomic E-state index is 12.1. The summed E-state index contributed by atoms with van der Waals surface area (Å²) in [5, 5.41) is 9.53. The minimum atomic E-state index is -0.780. The molecule has 0 rings (SSSR count). The van der Waals surface area contributed by atoms with Crippen LogP contribution in [0.2, 0.25) is 0 Å². The van der Waals surface area contributed by atoms with E-state index < -0.39 is 6.10 Å². The first-order valence-corrected chi connectivity index (χ1v) is 18.8. The molecule has 0 spiro atoms. The SMILES string of the molecule is CC/C=C\C/C=C\C/C=C\C/C=C\C/C=C\CCCCCCCC(=O)OC(CO)COC(=O)CCCCCCCCCCCCC. The summed E-state index contributed by atoms with van der Waals surface area (Å²) in [6.07, 6.45) is 47.0. The summed E-state index contributed by atoms with van der Waals surface area (Å²) >= 11 is 0. The third kappa shape index (κ3) is 34.5. The quantitative estimate of drug-likeness (QED) is 0.0438. The Morgan fingerprint density at radius 2 is 0.935 bits per heavy atom. The van der Waals surface area contributed by atoms with Crippen LogP contribution in [-0.4, -0.2) is 36.4 Å². The fourth-order valence-corrected chi connectivity index (χ4v) is 4.99. The van der Waals surface area contributed by atoms with Gasteiger partial charge in [0.25, 0.3) is 0 Å². The number of allylic oxidation sites excluding steroid dienone is 10. The Hall–Kier alpha value is -2.40. The van der Waals surface area contributed by atoms with E-state index in [1.807, 2.05) is 0 Å². The number of ether oxygens (including phenoxy) is 2. The fourth-order valence-electron chi connectivity index (χ4n) is 4.99. The van der Waals surface area contributed by atoms with Crippen molar-refractivity contribution < 1.29 is 24.2 Å². The van der Waals surface area contributed by atoms with Gasteiger partial charge in [0.05, 0.1) is 6.61 Å². The molecule has 0 amide bonds. The molecular formula is C41H70O5. The number of hydrogen-bond acceptors (Lipinski definition) is 5. The Morgan fingerprint density at radius 3 is 1.41 bits per heavy atom. The van der Waals surface area contributed by atoms with Gasteiger partial charge in [0.15, 0.2) is 6.10 Å². The van der Waals surface area contributed by atoms with Gasteiger partial charge >= 0.3 is 11.9 Å². The Morgan fingerprint density at radius 1 is 0.522 bits per heavy atom. The van der Waals surface area contributed by atoms with E-state index in [0.717, 1.165) is 89.9 Å². The molecule has 1 unspecified atom stereocenters. The van der Waals surface area contributed by atoms with Gasteiger partial charge in [-0.1, -0.05) is 158 Å². The molecule has 1 atom stereocenters. The zero-order valence-electron chi connectivity index (χ0n) is 29.8. The van der Waals surface area contributed by atoms with Gasteiger partial charge in [-0.25, -0.2) is 0 Å². The van der Waals surface area contributed by atoms with E-state index in [-0.39, 0.29) is 25.2 Å². The van der Waals surface area contributed by atoms with Crippen molar-refractivity contribution in [2.45, 2.75) is 174 Å². The minimum absolute atomic E-state index is 0.0745. The van der Waals surface area contributed by atoms with Crippen molar-refractivity contribution in [1.29, 1.82) is 0 Å². The zero-order chi connectivity index (χ0) is 33.6. The number of carbonyl (C=O) groups is 2. The Labute approximate surface area is 283 Å². The van der Waals surface area contributed by atoms with Gasteiger partial charge in [0, 0.05) is 12.8 Å². The fraction of sp³-hybridized carbons (Fsp3) is 0.707. The summed E-state index contributed by atoms with van der Waals surface area (Å²) in [5.74, 6) is -0.616. The number of aliphatic hydroxyl groups is 1. The van der Waals surface area contributed by atoms with E-state index in [1.54, 1.807) is 0 Å². The largest absolute Gasteiger partial charge is 0.462 e. The van der Waals surface area contributed by atoms with E-state index in [1.165, 1.54) is 51.4 Å². The van der Waals surface area contributed by atoms with E-state index in [2.05, 4.69) is 74.6 Å². The molecule has 46 heavy (non-hydrogen) atoms. The Balaban J connectivity index is 3.63. The average Bonchev–Trinajstić information content (AvgIpc) is 3.06. The van der Waals surface area contributed by atoms with E-state index >= 15 is 0 Å². The van der Waals surface area contributed by atoms with Gasteiger partial charge < -0.3 is 14.6 Å². The first kappa shape index (κ1) is 43.6. The molecule has 0 aromatic heterocycles. The highest BCUT2D eigenvalue weighted by Crippen LogP contribution is 2.13. The molecule has 0 heterocycles. The molecule has 0 aliphatic carbocycles. The van der Waals surface area contributed by atoms with Gasteiger partial charge in [0.1, 0.15) is 6.61 Å². The van der Waals surface area contributed by atoms with Crippen molar-refractivity contribution in [3.63, 3.8) is 0 Å². The van der Waals surface area contributed by atoms with Gasteiger partial charge in [-0.3, -0.25) is 9.59 Å². The monoisotopic (exact) mass is 643 g/mol. The number of aliphatic hydroxyl groups excluding tert-OH is 1. The highest BCUT2D eigenvalue weighted by Gasteiger charge is 2.16. The Kier molecular flexibility index (Phi) is 35.1. The number of hydrogen-bond donors (Lipinski definition) is 1. The molecule has 5 heteroatoms. The second kappa shape index (κ2) is 37.1. The smallest absolute Gasteiger partial charge is 0.306 e. The van der Waals surface area contributed by atoms with E-state index in [0.29, 0.717) is 12.8 Å². The highest BCUT2D eigenvalue weighted by atomic mass is 16.6. The summed E-state index contributed by atoms with van der Waals surface area (Å²) in [4.78, 5) is 24.2. The summed E-state index contributed by atoms with van der Waals surface area (Å²) < 4.78 is 10.6. The molecule has 0 aliphatic rings. The molecule has 0 radical (unpaired) electrons. The second-order valence-corrected chi connectivity index (χ2v) is 12.3. The lowest BCUT2D eigenvalue weighted by molar-refractivity contribution is -0.161. The van der Waals surface area contributed by atoms with Crippen LogP contribution in [0.15, 0.2) is 60.8 Å². The molecule has 0 aliphatic heterocycles. The van der Waals surface area contributed by atoms with E-state index in [9.17, 15) is 14.7 Å². The number of rotatable bonds is 33. The van der Waals surface area contributed by atoms with Crippen LogP contribution >= 0.6 is 0 Å². The van der Waals surface area contributed by atoms with Crippen LogP contribution in [0.4, 0.5) is 0 Å². The molecular weight excluding hydrogens is 572 g/mol. The average molecular weight is 643 g/mol. The first-order valence-electron chi connectivity index (χ1n) is 18.8. The maximum Gasteiger partial charge on any atom is 0.306 e. The molecule has 0 aromatic rings. The van der Waals surface area contributed by atoms with Crippen LogP contribution in [0.3, 0.4) is 0 Å². The van der Waals surface area contributed by atoms with E-state index in [4.69, 9.17) is 9.47 Å². The van der Waals surface area contributed by atoms with Crippen LogP contribution in [0.25, 0.3) is 0 Å². The van der Waals surface area contributed by atoms with Crippen LogP contribution < -0.4 is 0 Å². The van der Waals surface area contributed by atoms with Gasteiger partial charge in [-0.15, -0.1) is 0 Å². The number of carbonyl (C=O) groups excluding carboxylic acids is 2. The molecule has 264 valence electrons. The molecule has 0 saturated heterocycles. The van der Waals surface area contributed by atoms with Crippen molar-refractivity contribution in [3.8, 4) is 0 Å². The van der Waals surface area contributed by atoms with Gasteiger partial charge in [0.2, 0.25) is 0 Å². The first-order chi connectivity index (χ1) is 22.6. The lowest BCUT2D eigenvalue weighted by atomic mass is 10.1. The molecule has 1 N–H and O–H groups in total. The minimum Gasteiger partial charge on any atom is -0.462 e. The van der Waals surface area contributed by atoms with Crippen LogP contribution in [-0.2, 0) is 19.1 Å². The van der Waals surface area contributed by atoms with Gasteiger partial charge in [-0.05, 0) is 57.8 Å². The maximum atomic E-state index is 12.1. The summed E-state index contributed by atoms with van der Waals surface area (Å²) in [6, 6.07) is 0. The van der Waals surface area contributed by atoms with Crippen LogP contribution in [0, 0.1) is 0 Å². The lowest BCUT2D eigenvalue weighted by Crippen LogP contribution is -2.28. The summed E-state index contributed by atoms with van der Waals surface area (Å²) in [5.41, 5.74) is 0. The molecule has 0 aromatic carbocycles. The van der Waals surface area contributed by atoms with Crippen molar-refractivity contribution in [1.82, 2.24) is 0 Å². The predicted molar refractivity (Wildman–Crippen MR) is 196 cm³/mol. The number of esters is 2. The van der Waals surface area contributed by atoms with Crippen molar-refractivity contribution in [2.24, 2.45) is 0 Å². The van der Waals surface area contributed by atoms with Crippen molar-refractivity contribution in [2.75, 3.05) is 13.2 Å². The van der Waals surface area contributed by atoms with Gasteiger partial charge in [-0.2, -0.15) is 0 Å². The van der Waals surface area contributed by atoms with Crippen LogP contribution in [0.5, 0.6) is 0 Å². The molecule has 0 saturated carbocycles. The molecule has 0 bridgehead atoms. The molecule has 0 fully saturated rings. The topological polar surface area (TPSA) is 72.8 Å². The molecule has 5 nitrogen and oxygen atoms in total. The van der Waals surface area contributed by atoms with Crippen molar-refractivity contribution >= 4 is 11.9 Å². The number of unbranched alkanes of at least 4 members (excludes halogenated alkanes) is 15. The second-order valence-electron chi connectivity index (χ2n) is 12.3. The lowest BCUT2D eigenvalue weighted by Gasteiger charge is -2.15. The summed E-state index contributed by atoms with van der Waals surface area (Å²) in [6.45, 7) is 3.98. The third-order valence-electron chi connectivity index (χ3n) is 7.83. The third-order valence-corrected chi connectivity index (χ3v) is 7.83. The predicted octanol–water partition coefficient (Wildman–Crippen LogP) is 11.6. The standard InChI is InChI=1S/C41H70O5/c1-3-5-7-9-11-13-15-16-17-18-19-20-21-22-23-24-26-28-30-32-34-36-41(44)46-39(37-42)38-45-40(43)35-33-31-29-27-25-14-12-10-8-6-4-2/h5,7,11,13,16-17,19-20,22-23,39,42H,3-4,6,8-10,12,14-15,18,21,24-38H2,1-2H3/b7-5-,13-11-,17-16-,20-19-,23-22-. The van der Waals surface area contributed by atoms with Crippen LogP contribution in [0.1, 0.15) is 168 Å². The zero-order valence-corrected chi connectivity index (χ0v) is 29.8. The van der Waals surface area contributed by atoms with Crippen molar-refractivity contribution in [3.05, 3.63) is 60.8 Å².